The van der Waals surface area contributed by atoms with Gasteiger partial charge in [-0.15, -0.1) is 0 Å². The third-order valence-electron chi connectivity index (χ3n) is 2.12. The predicted octanol–water partition coefficient (Wildman–Crippen LogP) is 3.18. The topological polar surface area (TPSA) is 62.2 Å². The normalized spacial score (nSPS) is 9.94. The number of aromatic carboxylic acids is 1. The summed E-state index contributed by atoms with van der Waals surface area (Å²) in [5, 5.41) is 12.5. The number of hydrogen-bond acceptors (Lipinski definition) is 3. The molecule has 0 saturated heterocycles. The molecule has 2 N–H and O–H groups in total. The van der Waals surface area contributed by atoms with E-state index < -0.39 is 5.97 Å². The Morgan fingerprint density at radius 1 is 1.18 bits per heavy atom. The molecule has 1 heterocycles. The van der Waals surface area contributed by atoms with E-state index in [9.17, 15) is 4.79 Å². The minimum Gasteiger partial charge on any atom is -0.478 e. The number of pyridine rings is 1. The van der Waals surface area contributed by atoms with Gasteiger partial charge in [0.05, 0.1) is 17.4 Å². The SMILES string of the molecule is O=C(O)c1cncc(Nc2ccc(Cl)cc2)c1. The molecule has 0 aliphatic carbocycles. The van der Waals surface area contributed by atoms with Gasteiger partial charge in [0.1, 0.15) is 0 Å². The standard InChI is InChI=1S/C12H9ClN2O2/c13-9-1-3-10(4-2-9)15-11-5-8(12(16)17)6-14-7-11/h1-7,15H,(H,16,17). The van der Waals surface area contributed by atoms with E-state index >= 15 is 0 Å². The number of hydrogen-bond donors (Lipinski definition) is 2. The van der Waals surface area contributed by atoms with E-state index in [4.69, 9.17) is 16.7 Å². The second kappa shape index (κ2) is 4.84. The Morgan fingerprint density at radius 3 is 2.53 bits per heavy atom. The van der Waals surface area contributed by atoms with Crippen LogP contribution in [0.4, 0.5) is 11.4 Å². The molecule has 0 spiro atoms. The molecule has 0 unspecified atom stereocenters. The molecule has 1 aromatic carbocycles. The fourth-order valence-electron chi connectivity index (χ4n) is 1.33. The zero-order chi connectivity index (χ0) is 12.3. The number of carboxylic acid groups (broad SMARTS) is 1. The maximum atomic E-state index is 10.8. The molecular weight excluding hydrogens is 240 g/mol. The van der Waals surface area contributed by atoms with Gasteiger partial charge < -0.3 is 10.4 Å². The molecule has 0 fully saturated rings. The summed E-state index contributed by atoms with van der Waals surface area (Å²) in [6.45, 7) is 0. The van der Waals surface area contributed by atoms with Gasteiger partial charge in [0.2, 0.25) is 0 Å². The van der Waals surface area contributed by atoms with Gasteiger partial charge in [-0.1, -0.05) is 11.6 Å². The Morgan fingerprint density at radius 2 is 1.88 bits per heavy atom. The van der Waals surface area contributed by atoms with Gasteiger partial charge in [0.25, 0.3) is 0 Å². The molecule has 1 aromatic heterocycles. The number of carboxylic acids is 1. The lowest BCUT2D eigenvalue weighted by Gasteiger charge is -2.06. The molecular formula is C12H9ClN2O2. The summed E-state index contributed by atoms with van der Waals surface area (Å²) in [5.74, 6) is -1.00. The van der Waals surface area contributed by atoms with Crippen LogP contribution in [-0.2, 0) is 0 Å². The third-order valence-corrected chi connectivity index (χ3v) is 2.37. The van der Waals surface area contributed by atoms with Crippen molar-refractivity contribution in [2.75, 3.05) is 5.32 Å². The Kier molecular flexibility index (Phi) is 3.25. The molecule has 4 nitrogen and oxygen atoms in total. The van der Waals surface area contributed by atoms with E-state index in [1.807, 2.05) is 0 Å². The lowest BCUT2D eigenvalue weighted by molar-refractivity contribution is 0.0696. The van der Waals surface area contributed by atoms with Crippen LogP contribution in [0.15, 0.2) is 42.7 Å². The van der Waals surface area contributed by atoms with Crippen LogP contribution in [0.1, 0.15) is 10.4 Å². The number of carbonyl (C=O) groups is 1. The molecule has 2 rings (SSSR count). The summed E-state index contributed by atoms with van der Waals surface area (Å²) in [6, 6.07) is 8.62. The van der Waals surface area contributed by atoms with Crippen LogP contribution in [0.5, 0.6) is 0 Å². The average Bonchev–Trinajstić information content (AvgIpc) is 2.32. The van der Waals surface area contributed by atoms with Crippen molar-refractivity contribution in [1.82, 2.24) is 4.98 Å². The van der Waals surface area contributed by atoms with E-state index in [0.717, 1.165) is 5.69 Å². The number of nitrogens with zero attached hydrogens (tertiary/aromatic N) is 1. The molecule has 0 saturated carbocycles. The first-order valence-corrected chi connectivity index (χ1v) is 5.24. The molecule has 2 aromatic rings. The molecule has 0 aliphatic heterocycles. The van der Waals surface area contributed by atoms with Crippen molar-refractivity contribution < 1.29 is 9.90 Å². The minimum absolute atomic E-state index is 0.143. The summed E-state index contributed by atoms with van der Waals surface area (Å²) in [5.41, 5.74) is 1.58. The third kappa shape index (κ3) is 2.95. The van der Waals surface area contributed by atoms with Crippen LogP contribution >= 0.6 is 11.6 Å². The molecule has 0 atom stereocenters. The maximum absolute atomic E-state index is 10.8. The van der Waals surface area contributed by atoms with Crippen molar-refractivity contribution in [2.45, 2.75) is 0 Å². The lowest BCUT2D eigenvalue weighted by atomic mass is 10.2. The van der Waals surface area contributed by atoms with Crippen molar-refractivity contribution >= 4 is 28.9 Å². The largest absolute Gasteiger partial charge is 0.478 e. The second-order valence-electron chi connectivity index (χ2n) is 3.40. The molecule has 0 amide bonds. The summed E-state index contributed by atoms with van der Waals surface area (Å²) in [7, 11) is 0. The molecule has 0 aliphatic rings. The number of aromatic nitrogens is 1. The zero-order valence-electron chi connectivity index (χ0n) is 8.72. The minimum atomic E-state index is -1.00. The number of rotatable bonds is 3. The average molecular weight is 249 g/mol. The Hall–Kier alpha value is -2.07. The van der Waals surface area contributed by atoms with Crippen LogP contribution < -0.4 is 5.32 Å². The lowest BCUT2D eigenvalue weighted by Crippen LogP contribution is -1.99. The van der Waals surface area contributed by atoms with Gasteiger partial charge in [-0.2, -0.15) is 0 Å². The Bertz CT molecular complexity index is 540. The van der Waals surface area contributed by atoms with E-state index in [-0.39, 0.29) is 5.56 Å². The van der Waals surface area contributed by atoms with Gasteiger partial charge in [0, 0.05) is 16.9 Å². The summed E-state index contributed by atoms with van der Waals surface area (Å²) in [4.78, 5) is 14.6. The van der Waals surface area contributed by atoms with Crippen LogP contribution in [0.3, 0.4) is 0 Å². The van der Waals surface area contributed by atoms with Crippen molar-refractivity contribution in [1.29, 1.82) is 0 Å². The van der Waals surface area contributed by atoms with E-state index in [0.29, 0.717) is 10.7 Å². The van der Waals surface area contributed by atoms with Crippen LogP contribution in [-0.4, -0.2) is 16.1 Å². The summed E-state index contributed by atoms with van der Waals surface area (Å²) >= 11 is 5.76. The van der Waals surface area contributed by atoms with Gasteiger partial charge in [-0.05, 0) is 30.3 Å². The summed E-state index contributed by atoms with van der Waals surface area (Å²) < 4.78 is 0. The van der Waals surface area contributed by atoms with E-state index in [1.54, 1.807) is 30.5 Å². The van der Waals surface area contributed by atoms with Gasteiger partial charge in [-0.25, -0.2) is 4.79 Å². The van der Waals surface area contributed by atoms with E-state index in [2.05, 4.69) is 10.3 Å². The van der Waals surface area contributed by atoms with Crippen molar-refractivity contribution in [2.24, 2.45) is 0 Å². The highest BCUT2D eigenvalue weighted by atomic mass is 35.5. The molecule has 0 bridgehead atoms. The highest BCUT2D eigenvalue weighted by Crippen LogP contribution is 2.18. The van der Waals surface area contributed by atoms with Crippen LogP contribution in [0.25, 0.3) is 0 Å². The first-order valence-electron chi connectivity index (χ1n) is 4.86. The van der Waals surface area contributed by atoms with Gasteiger partial charge in [0.15, 0.2) is 0 Å². The molecule has 86 valence electrons. The quantitative estimate of drug-likeness (QED) is 0.876. The zero-order valence-corrected chi connectivity index (χ0v) is 9.48. The second-order valence-corrected chi connectivity index (χ2v) is 3.84. The summed E-state index contributed by atoms with van der Waals surface area (Å²) in [6.07, 6.45) is 2.86. The number of anilines is 2. The molecule has 0 radical (unpaired) electrons. The molecule has 17 heavy (non-hydrogen) atoms. The van der Waals surface area contributed by atoms with Crippen molar-refractivity contribution in [3.63, 3.8) is 0 Å². The van der Waals surface area contributed by atoms with Crippen LogP contribution in [0, 0.1) is 0 Å². The van der Waals surface area contributed by atoms with Crippen molar-refractivity contribution in [3.8, 4) is 0 Å². The predicted molar refractivity (Wildman–Crippen MR) is 65.9 cm³/mol. The first kappa shape index (κ1) is 11.4. The molecule has 5 heteroatoms. The number of nitrogens with one attached hydrogen (secondary N) is 1. The fraction of sp³-hybridized carbons (Fsp3) is 0. The maximum Gasteiger partial charge on any atom is 0.337 e. The Balaban J connectivity index is 2.21. The van der Waals surface area contributed by atoms with Gasteiger partial charge in [-0.3, -0.25) is 4.98 Å². The fourth-order valence-corrected chi connectivity index (χ4v) is 1.45. The number of benzene rings is 1. The monoisotopic (exact) mass is 248 g/mol. The number of halogens is 1. The van der Waals surface area contributed by atoms with Crippen LogP contribution in [0.2, 0.25) is 5.02 Å². The first-order chi connectivity index (χ1) is 8.15. The van der Waals surface area contributed by atoms with Gasteiger partial charge >= 0.3 is 5.97 Å². The smallest absolute Gasteiger partial charge is 0.337 e. The highest BCUT2D eigenvalue weighted by molar-refractivity contribution is 6.30. The Labute approximate surface area is 103 Å². The van der Waals surface area contributed by atoms with E-state index in [1.165, 1.54) is 12.3 Å². The highest BCUT2D eigenvalue weighted by Gasteiger charge is 2.04. The van der Waals surface area contributed by atoms with Crippen molar-refractivity contribution in [3.05, 3.63) is 53.3 Å².